The summed E-state index contributed by atoms with van der Waals surface area (Å²) in [4.78, 5) is 9.63. The van der Waals surface area contributed by atoms with E-state index < -0.39 is 0 Å². The Morgan fingerprint density at radius 1 is 0.969 bits per heavy atom. The summed E-state index contributed by atoms with van der Waals surface area (Å²) in [5, 5.41) is 6.84. The third-order valence-corrected chi connectivity index (χ3v) is 5.26. The molecule has 0 N–H and O–H groups in total. The Bertz CT molecular complexity index is 1110. The fraction of sp³-hybridized carbons (Fsp3) is 0.357. The van der Waals surface area contributed by atoms with Crippen LogP contribution < -0.4 is 0 Å². The van der Waals surface area contributed by atoms with Gasteiger partial charge in [-0.1, -0.05) is 71.9 Å². The van der Waals surface area contributed by atoms with Gasteiger partial charge in [0.05, 0.1) is 0 Å². The Kier molecular flexibility index (Phi) is 8.59. The van der Waals surface area contributed by atoms with Gasteiger partial charge in [0, 0.05) is 23.9 Å². The second-order valence-corrected chi connectivity index (χ2v) is 9.93. The van der Waals surface area contributed by atoms with Gasteiger partial charge in [0.2, 0.25) is 0 Å². The first-order valence-corrected chi connectivity index (χ1v) is 10.8. The van der Waals surface area contributed by atoms with Crippen LogP contribution in [-0.4, -0.2) is 17.7 Å². The monoisotopic (exact) mass is 606 g/mol. The predicted octanol–water partition coefficient (Wildman–Crippen LogP) is 7.62. The zero-order valence-corrected chi connectivity index (χ0v) is 22.4. The summed E-state index contributed by atoms with van der Waals surface area (Å²) in [6.45, 7) is 13.7. The summed E-state index contributed by atoms with van der Waals surface area (Å²) >= 11 is 0. The van der Waals surface area contributed by atoms with E-state index in [4.69, 9.17) is 4.99 Å². The van der Waals surface area contributed by atoms with Gasteiger partial charge in [0.25, 0.3) is 0 Å². The maximum atomic E-state index is 4.99. The Balaban J connectivity index is 0.00000363. The number of hydrogen-bond acceptors (Lipinski definition) is 2. The number of aromatic nitrogens is 1. The van der Waals surface area contributed by atoms with Crippen molar-refractivity contribution in [3.8, 4) is 11.3 Å². The maximum absolute atomic E-state index is 4.99. The number of allylic oxidation sites excluding steroid dienone is 2. The molecule has 0 fully saturated rings. The summed E-state index contributed by atoms with van der Waals surface area (Å²) < 4.78 is 0. The van der Waals surface area contributed by atoms with Gasteiger partial charge in [0.1, 0.15) is 0 Å². The van der Waals surface area contributed by atoms with Crippen molar-refractivity contribution in [2.24, 2.45) is 15.8 Å². The van der Waals surface area contributed by atoms with Crippen LogP contribution in [0.5, 0.6) is 0 Å². The summed E-state index contributed by atoms with van der Waals surface area (Å²) in [5.74, 6) is 0. The molecule has 3 nitrogen and oxygen atoms in total. The average molecular weight is 607 g/mol. The number of hydrogen-bond donors (Lipinski definition) is 0. The molecule has 170 valence electrons. The molecule has 3 rings (SSSR count). The molecule has 3 aromatic rings. The average Bonchev–Trinajstić information content (AvgIpc) is 2.71. The molecule has 0 radical (unpaired) electrons. The number of aliphatic imine (C=N–C) groups is 1. The molecule has 1 heterocycles. The summed E-state index contributed by atoms with van der Waals surface area (Å²) in [6, 6.07) is 20.1. The van der Waals surface area contributed by atoms with Gasteiger partial charge in [-0.15, -0.1) is 42.4 Å². The zero-order chi connectivity index (χ0) is 22.6. The van der Waals surface area contributed by atoms with Crippen molar-refractivity contribution < 1.29 is 21.1 Å². The van der Waals surface area contributed by atoms with Crippen molar-refractivity contribution in [3.05, 3.63) is 83.4 Å². The molecule has 0 aliphatic rings. The van der Waals surface area contributed by atoms with Gasteiger partial charge in [-0.3, -0.25) is 4.99 Å². The first-order chi connectivity index (χ1) is 14.6. The van der Waals surface area contributed by atoms with E-state index in [0.29, 0.717) is 6.54 Å². The molecule has 0 saturated heterocycles. The minimum Gasteiger partial charge on any atom is -0.690 e. The Hall–Kier alpha value is -2.25. The zero-order valence-electron chi connectivity index (χ0n) is 20.1. The second-order valence-electron chi connectivity index (χ2n) is 9.93. The van der Waals surface area contributed by atoms with Crippen LogP contribution in [0.4, 0.5) is 0 Å². The third kappa shape index (κ3) is 6.39. The molecule has 0 bridgehead atoms. The third-order valence-electron chi connectivity index (χ3n) is 5.26. The molecule has 4 heteroatoms. The van der Waals surface area contributed by atoms with E-state index in [2.05, 4.69) is 106 Å². The summed E-state index contributed by atoms with van der Waals surface area (Å²) in [6.07, 6.45) is 4.01. The second kappa shape index (κ2) is 10.6. The number of rotatable bonds is 5. The van der Waals surface area contributed by atoms with Crippen molar-refractivity contribution in [3.63, 3.8) is 0 Å². The van der Waals surface area contributed by atoms with Crippen LogP contribution in [0.3, 0.4) is 0 Å². The first-order valence-electron chi connectivity index (χ1n) is 10.8. The van der Waals surface area contributed by atoms with Gasteiger partial charge in [-0.25, -0.2) is 0 Å². The number of nitrogens with zero attached hydrogens (tertiary/aromatic N) is 3. The SMILES string of the molecule is C[N-]/C(=C\C(=NCc1[c-]c(-c2nccc3ccccc23)ccc1)C(C)(C)C)C(C)(C)C.[Pt+2]. The normalized spacial score (nSPS) is 13.1. The molecular weight excluding hydrogens is 573 g/mol. The van der Waals surface area contributed by atoms with Crippen molar-refractivity contribution in [2.75, 3.05) is 7.05 Å². The van der Waals surface area contributed by atoms with E-state index in [0.717, 1.165) is 33.6 Å². The molecular formula is C28H33N3Pt. The fourth-order valence-corrected chi connectivity index (χ4v) is 3.50. The Morgan fingerprint density at radius 2 is 1.69 bits per heavy atom. The summed E-state index contributed by atoms with van der Waals surface area (Å²) in [7, 11) is 1.85. The molecule has 32 heavy (non-hydrogen) atoms. The number of benzene rings is 2. The van der Waals surface area contributed by atoms with Crippen LogP contribution in [0, 0.1) is 16.9 Å². The van der Waals surface area contributed by atoms with E-state index in [9.17, 15) is 0 Å². The molecule has 0 aliphatic carbocycles. The van der Waals surface area contributed by atoms with Crippen molar-refractivity contribution in [1.82, 2.24) is 4.98 Å². The van der Waals surface area contributed by atoms with E-state index in [-0.39, 0.29) is 31.9 Å². The van der Waals surface area contributed by atoms with Crippen molar-refractivity contribution in [2.45, 2.75) is 48.1 Å². The Labute approximate surface area is 207 Å². The van der Waals surface area contributed by atoms with Gasteiger partial charge in [0.15, 0.2) is 0 Å². The Morgan fingerprint density at radius 3 is 2.34 bits per heavy atom. The van der Waals surface area contributed by atoms with Gasteiger partial charge >= 0.3 is 21.1 Å². The van der Waals surface area contributed by atoms with E-state index in [1.807, 2.05) is 19.3 Å². The predicted molar refractivity (Wildman–Crippen MR) is 133 cm³/mol. The first kappa shape index (κ1) is 26.0. The van der Waals surface area contributed by atoms with E-state index >= 15 is 0 Å². The van der Waals surface area contributed by atoms with Crippen molar-refractivity contribution in [1.29, 1.82) is 0 Å². The number of pyridine rings is 1. The fourth-order valence-electron chi connectivity index (χ4n) is 3.50. The molecule has 0 atom stereocenters. The molecule has 2 aromatic carbocycles. The van der Waals surface area contributed by atoms with E-state index in [1.165, 1.54) is 5.39 Å². The number of fused-ring (bicyclic) bond motifs is 1. The van der Waals surface area contributed by atoms with Gasteiger partial charge < -0.3 is 10.3 Å². The largest absolute Gasteiger partial charge is 2.00 e. The van der Waals surface area contributed by atoms with Crippen LogP contribution in [-0.2, 0) is 27.6 Å². The molecule has 0 amide bonds. The van der Waals surface area contributed by atoms with Crippen molar-refractivity contribution >= 4 is 16.5 Å². The molecule has 0 unspecified atom stereocenters. The standard InChI is InChI=1S/C28H33N3.Pt/c1-27(2,3)24(29-7)18-25(28(4,5)6)31-19-20-11-10-13-22(17-20)26-23-14-9-8-12-21(23)15-16-30-26;/h8-16,18H,19H2,1-7H3;/q-2;+2/b24-18-,31-25?;. The molecule has 1 aromatic heterocycles. The molecule has 0 aliphatic heterocycles. The van der Waals surface area contributed by atoms with Crippen LogP contribution in [0.15, 0.2) is 71.5 Å². The van der Waals surface area contributed by atoms with Crippen LogP contribution in [0.1, 0.15) is 47.1 Å². The topological polar surface area (TPSA) is 39.4 Å². The van der Waals surface area contributed by atoms with Crippen LogP contribution in [0.25, 0.3) is 27.3 Å². The molecule has 0 saturated carbocycles. The van der Waals surface area contributed by atoms with Gasteiger partial charge in [-0.2, -0.15) is 5.70 Å². The van der Waals surface area contributed by atoms with E-state index in [1.54, 1.807) is 0 Å². The maximum Gasteiger partial charge on any atom is 2.00 e. The minimum absolute atomic E-state index is 0. The quantitative estimate of drug-likeness (QED) is 0.218. The van der Waals surface area contributed by atoms with Crippen LogP contribution >= 0.6 is 0 Å². The molecule has 0 spiro atoms. The summed E-state index contributed by atoms with van der Waals surface area (Å²) in [5.41, 5.74) is 5.01. The minimum atomic E-state index is -0.0734. The van der Waals surface area contributed by atoms with Crippen LogP contribution in [0.2, 0.25) is 0 Å². The van der Waals surface area contributed by atoms with Gasteiger partial charge in [-0.05, 0) is 27.9 Å². The smallest absolute Gasteiger partial charge is 0.690 e.